The van der Waals surface area contributed by atoms with Crippen molar-refractivity contribution in [1.82, 2.24) is 9.97 Å². The molecule has 0 radical (unpaired) electrons. The molecule has 2 rings (SSSR count). The number of hydrogen-bond acceptors (Lipinski definition) is 5. The lowest BCUT2D eigenvalue weighted by atomic mass is 10.3. The van der Waals surface area contributed by atoms with Crippen LogP contribution >= 0.6 is 22.9 Å². The van der Waals surface area contributed by atoms with Crippen molar-refractivity contribution in [2.45, 2.75) is 24.1 Å². The van der Waals surface area contributed by atoms with Gasteiger partial charge < -0.3 is 0 Å². The Morgan fingerprint density at radius 2 is 2.18 bits per heavy atom. The Labute approximate surface area is 109 Å². The molecule has 2 heterocycles. The maximum atomic E-state index is 12.2. The quantitative estimate of drug-likeness (QED) is 0.643. The van der Waals surface area contributed by atoms with E-state index < -0.39 is 15.1 Å². The summed E-state index contributed by atoms with van der Waals surface area (Å²) < 4.78 is 25.0. The molecule has 0 spiro atoms. The first-order chi connectivity index (χ1) is 7.98. The Kier molecular flexibility index (Phi) is 3.38. The van der Waals surface area contributed by atoms with Crippen LogP contribution in [0.5, 0.6) is 0 Å². The summed E-state index contributed by atoms with van der Waals surface area (Å²) >= 11 is 6.97. The molecule has 0 amide bonds. The first kappa shape index (κ1) is 12.7. The average molecular weight is 291 g/mol. The lowest BCUT2D eigenvalue weighted by Gasteiger charge is -2.09. The third kappa shape index (κ3) is 2.05. The summed E-state index contributed by atoms with van der Waals surface area (Å²) in [5, 5.41) is 1.32. The largest absolute Gasteiger partial charge is 0.235 e. The minimum Gasteiger partial charge on any atom is -0.235 e. The molecule has 0 aromatic carbocycles. The van der Waals surface area contributed by atoms with Crippen molar-refractivity contribution in [1.29, 1.82) is 0 Å². The van der Waals surface area contributed by atoms with Gasteiger partial charge in [-0.25, -0.2) is 18.4 Å². The maximum absolute atomic E-state index is 12.2. The van der Waals surface area contributed by atoms with Crippen LogP contribution in [0.2, 0.25) is 0 Å². The molecule has 0 aliphatic rings. The van der Waals surface area contributed by atoms with E-state index in [0.29, 0.717) is 10.2 Å². The van der Waals surface area contributed by atoms with Gasteiger partial charge in [-0.05, 0) is 24.8 Å². The SMILES string of the molecule is Cc1csc2c(S(=O)(=O)C(C)CCl)ncnc12. The zero-order valence-electron chi connectivity index (χ0n) is 9.34. The van der Waals surface area contributed by atoms with Gasteiger partial charge in [0.2, 0.25) is 9.84 Å². The first-order valence-corrected chi connectivity index (χ1v) is 7.93. The Hall–Kier alpha value is -0.720. The molecule has 1 atom stereocenters. The Morgan fingerprint density at radius 1 is 1.47 bits per heavy atom. The van der Waals surface area contributed by atoms with Gasteiger partial charge in [0.15, 0.2) is 5.03 Å². The second kappa shape index (κ2) is 4.51. The summed E-state index contributed by atoms with van der Waals surface area (Å²) in [6, 6.07) is 0. The zero-order valence-corrected chi connectivity index (χ0v) is 11.7. The fraction of sp³-hybridized carbons (Fsp3) is 0.400. The normalized spacial score (nSPS) is 14.1. The standard InChI is InChI=1S/C10H11ClN2O2S2/c1-6-4-16-9-8(6)12-5-13-10(9)17(14,15)7(2)3-11/h4-5,7H,3H2,1-2H3. The van der Waals surface area contributed by atoms with Gasteiger partial charge in [-0.2, -0.15) is 0 Å². The number of aryl methyl sites for hydroxylation is 1. The predicted molar refractivity (Wildman–Crippen MR) is 69.5 cm³/mol. The molecular weight excluding hydrogens is 280 g/mol. The summed E-state index contributed by atoms with van der Waals surface area (Å²) in [7, 11) is -3.47. The number of alkyl halides is 1. The molecule has 17 heavy (non-hydrogen) atoms. The highest BCUT2D eigenvalue weighted by atomic mass is 35.5. The van der Waals surface area contributed by atoms with E-state index in [1.807, 2.05) is 12.3 Å². The van der Waals surface area contributed by atoms with Crippen molar-refractivity contribution in [2.75, 3.05) is 5.88 Å². The Bertz CT molecular complexity index is 651. The molecule has 0 bridgehead atoms. The number of hydrogen-bond donors (Lipinski definition) is 0. The highest BCUT2D eigenvalue weighted by Gasteiger charge is 2.27. The van der Waals surface area contributed by atoms with E-state index in [-0.39, 0.29) is 10.9 Å². The van der Waals surface area contributed by atoms with Gasteiger partial charge in [0, 0.05) is 5.88 Å². The van der Waals surface area contributed by atoms with Crippen LogP contribution in [0.1, 0.15) is 12.5 Å². The van der Waals surface area contributed by atoms with E-state index in [2.05, 4.69) is 9.97 Å². The third-order valence-corrected chi connectivity index (χ3v) is 6.46. The van der Waals surface area contributed by atoms with Gasteiger partial charge in [-0.15, -0.1) is 22.9 Å². The monoisotopic (exact) mass is 290 g/mol. The highest BCUT2D eigenvalue weighted by Crippen LogP contribution is 2.29. The molecule has 2 aromatic heterocycles. The molecule has 0 saturated carbocycles. The summed E-state index contributed by atoms with van der Waals surface area (Å²) in [5.41, 5.74) is 1.66. The van der Waals surface area contributed by atoms with Crippen LogP contribution in [-0.2, 0) is 9.84 Å². The van der Waals surface area contributed by atoms with Crippen molar-refractivity contribution < 1.29 is 8.42 Å². The van der Waals surface area contributed by atoms with Crippen LogP contribution in [-0.4, -0.2) is 29.5 Å². The number of aromatic nitrogens is 2. The molecule has 0 aliphatic carbocycles. The average Bonchev–Trinajstić information content (AvgIpc) is 2.70. The van der Waals surface area contributed by atoms with E-state index in [4.69, 9.17) is 11.6 Å². The third-order valence-electron chi connectivity index (χ3n) is 2.51. The van der Waals surface area contributed by atoms with Crippen molar-refractivity contribution in [2.24, 2.45) is 0 Å². The molecule has 1 unspecified atom stereocenters. The number of thiophene rings is 1. The summed E-state index contributed by atoms with van der Waals surface area (Å²) in [6.45, 7) is 3.48. The second-order valence-electron chi connectivity index (χ2n) is 3.79. The fourth-order valence-corrected chi connectivity index (χ4v) is 4.40. The molecule has 0 N–H and O–H groups in total. The van der Waals surface area contributed by atoms with Gasteiger partial charge >= 0.3 is 0 Å². The van der Waals surface area contributed by atoms with E-state index in [1.54, 1.807) is 6.92 Å². The lowest BCUT2D eigenvalue weighted by Crippen LogP contribution is -2.20. The minimum absolute atomic E-state index is 0.0538. The molecule has 0 saturated heterocycles. The summed E-state index contributed by atoms with van der Waals surface area (Å²) in [6.07, 6.45) is 1.29. The van der Waals surface area contributed by atoms with Crippen LogP contribution in [0.25, 0.3) is 10.2 Å². The van der Waals surface area contributed by atoms with Gasteiger partial charge in [0.05, 0.1) is 15.5 Å². The van der Waals surface area contributed by atoms with Crippen molar-refractivity contribution in [3.8, 4) is 0 Å². The van der Waals surface area contributed by atoms with E-state index in [0.717, 1.165) is 5.56 Å². The van der Waals surface area contributed by atoms with Crippen LogP contribution in [0.15, 0.2) is 16.7 Å². The van der Waals surface area contributed by atoms with Crippen molar-refractivity contribution in [3.05, 3.63) is 17.3 Å². The number of halogens is 1. The molecule has 2 aromatic rings. The van der Waals surface area contributed by atoms with Crippen LogP contribution in [0.3, 0.4) is 0 Å². The summed E-state index contributed by atoms with van der Waals surface area (Å²) in [4.78, 5) is 8.02. The van der Waals surface area contributed by atoms with E-state index >= 15 is 0 Å². The van der Waals surface area contributed by atoms with Crippen molar-refractivity contribution in [3.63, 3.8) is 0 Å². The topological polar surface area (TPSA) is 59.9 Å². The van der Waals surface area contributed by atoms with Crippen molar-refractivity contribution >= 4 is 43.0 Å². The van der Waals surface area contributed by atoms with Crippen LogP contribution in [0, 0.1) is 6.92 Å². The number of nitrogens with zero attached hydrogens (tertiary/aromatic N) is 2. The van der Waals surface area contributed by atoms with Gasteiger partial charge in [0.1, 0.15) is 6.33 Å². The highest BCUT2D eigenvalue weighted by molar-refractivity contribution is 7.92. The molecular formula is C10H11ClN2O2S2. The Balaban J connectivity index is 2.72. The van der Waals surface area contributed by atoms with Gasteiger partial charge in [0.25, 0.3) is 0 Å². The van der Waals surface area contributed by atoms with Gasteiger partial charge in [-0.1, -0.05) is 0 Å². The number of rotatable bonds is 3. The number of sulfone groups is 1. The van der Waals surface area contributed by atoms with Crippen LogP contribution < -0.4 is 0 Å². The van der Waals surface area contributed by atoms with Gasteiger partial charge in [-0.3, -0.25) is 0 Å². The lowest BCUT2D eigenvalue weighted by molar-refractivity contribution is 0.585. The second-order valence-corrected chi connectivity index (χ2v) is 7.25. The molecule has 0 aliphatic heterocycles. The van der Waals surface area contributed by atoms with E-state index in [9.17, 15) is 8.42 Å². The van der Waals surface area contributed by atoms with E-state index in [1.165, 1.54) is 17.7 Å². The molecule has 92 valence electrons. The maximum Gasteiger partial charge on any atom is 0.200 e. The smallest absolute Gasteiger partial charge is 0.200 e. The van der Waals surface area contributed by atoms with Crippen LogP contribution in [0.4, 0.5) is 0 Å². The molecule has 7 heteroatoms. The predicted octanol–water partition coefficient (Wildman–Crippen LogP) is 2.40. The minimum atomic E-state index is -3.47. The number of fused-ring (bicyclic) bond motifs is 1. The molecule has 4 nitrogen and oxygen atoms in total. The Morgan fingerprint density at radius 3 is 2.82 bits per heavy atom. The fourth-order valence-electron chi connectivity index (χ4n) is 1.42. The zero-order chi connectivity index (χ0) is 12.6. The molecule has 0 fully saturated rings. The summed E-state index contributed by atoms with van der Waals surface area (Å²) in [5.74, 6) is 0.0538. The first-order valence-electron chi connectivity index (χ1n) is 4.97.